The third kappa shape index (κ3) is 2.90. The van der Waals surface area contributed by atoms with Crippen molar-refractivity contribution in [2.24, 2.45) is 5.10 Å². The zero-order valence-corrected chi connectivity index (χ0v) is 14.4. The van der Waals surface area contributed by atoms with Gasteiger partial charge in [0.15, 0.2) is 0 Å². The van der Waals surface area contributed by atoms with Gasteiger partial charge in [0.25, 0.3) is 11.5 Å². The lowest BCUT2D eigenvalue weighted by molar-refractivity contribution is 0.0955. The first-order valence-electron chi connectivity index (χ1n) is 8.56. The molecular weight excluding hydrogens is 328 g/mol. The van der Waals surface area contributed by atoms with Crippen molar-refractivity contribution < 1.29 is 4.79 Å². The quantitative estimate of drug-likeness (QED) is 0.584. The van der Waals surface area contributed by atoms with Crippen LogP contribution < -0.4 is 11.0 Å². The van der Waals surface area contributed by atoms with Gasteiger partial charge in [-0.1, -0.05) is 24.3 Å². The number of aromatic nitrogens is 2. The van der Waals surface area contributed by atoms with Crippen molar-refractivity contribution in [3.8, 4) is 0 Å². The monoisotopic (exact) mass is 346 g/mol. The fourth-order valence-electron chi connectivity index (χ4n) is 3.18. The van der Waals surface area contributed by atoms with E-state index in [9.17, 15) is 9.59 Å². The standard InChI is InChI=1S/C20H18N4O2/c1-13-5-2-3-6-15(13)12-21-23-19(25)14-8-9-16-17(11-14)22-18-7-4-10-24(18)20(16)26/h2-3,5-6,8-9,11-12H,4,7,10H2,1H3,(H,23,25)/b21-12-. The fourth-order valence-corrected chi connectivity index (χ4v) is 3.18. The molecule has 0 fully saturated rings. The maximum atomic E-state index is 12.5. The number of hydrogen-bond acceptors (Lipinski definition) is 4. The molecule has 3 aromatic rings. The molecule has 1 aliphatic heterocycles. The SMILES string of the molecule is Cc1ccccc1/C=N\NC(=O)c1ccc2c(=O)n3c(nc2c1)CCC3. The maximum absolute atomic E-state index is 12.5. The van der Waals surface area contributed by atoms with Crippen LogP contribution in [0.15, 0.2) is 52.4 Å². The summed E-state index contributed by atoms with van der Waals surface area (Å²) in [4.78, 5) is 29.4. The average Bonchev–Trinajstić information content (AvgIpc) is 3.11. The van der Waals surface area contributed by atoms with Gasteiger partial charge >= 0.3 is 0 Å². The fraction of sp³-hybridized carbons (Fsp3) is 0.200. The molecule has 1 N–H and O–H groups in total. The molecule has 0 bridgehead atoms. The van der Waals surface area contributed by atoms with Gasteiger partial charge in [0.1, 0.15) is 5.82 Å². The first-order valence-corrected chi connectivity index (χ1v) is 8.56. The Morgan fingerprint density at radius 1 is 1.27 bits per heavy atom. The largest absolute Gasteiger partial charge is 0.296 e. The Balaban J connectivity index is 1.58. The zero-order valence-electron chi connectivity index (χ0n) is 14.4. The molecule has 0 atom stereocenters. The van der Waals surface area contributed by atoms with E-state index < -0.39 is 0 Å². The number of fused-ring (bicyclic) bond motifs is 2. The van der Waals surface area contributed by atoms with Crippen molar-refractivity contribution in [3.05, 3.63) is 75.3 Å². The summed E-state index contributed by atoms with van der Waals surface area (Å²) in [7, 11) is 0. The summed E-state index contributed by atoms with van der Waals surface area (Å²) in [5.74, 6) is 0.455. The van der Waals surface area contributed by atoms with E-state index >= 15 is 0 Å². The van der Waals surface area contributed by atoms with Crippen LogP contribution in [0, 0.1) is 6.92 Å². The third-order valence-electron chi connectivity index (χ3n) is 4.64. The van der Waals surface area contributed by atoms with Gasteiger partial charge < -0.3 is 0 Å². The number of carbonyl (C=O) groups excluding carboxylic acids is 1. The molecule has 130 valence electrons. The Bertz CT molecular complexity index is 1100. The molecule has 1 aromatic heterocycles. The Morgan fingerprint density at radius 2 is 2.12 bits per heavy atom. The first kappa shape index (κ1) is 16.2. The number of nitrogens with one attached hydrogen (secondary N) is 1. The number of hydrazone groups is 1. The normalized spacial score (nSPS) is 13.3. The van der Waals surface area contributed by atoms with Crippen LogP contribution >= 0.6 is 0 Å². The van der Waals surface area contributed by atoms with Gasteiger partial charge in [0.2, 0.25) is 0 Å². The highest BCUT2D eigenvalue weighted by Gasteiger charge is 2.17. The number of carbonyl (C=O) groups is 1. The Kier molecular flexibility index (Phi) is 4.08. The number of benzene rings is 2. The van der Waals surface area contributed by atoms with E-state index in [4.69, 9.17) is 0 Å². The molecule has 6 nitrogen and oxygen atoms in total. The average molecular weight is 346 g/mol. The van der Waals surface area contributed by atoms with Crippen molar-refractivity contribution in [2.45, 2.75) is 26.3 Å². The molecule has 6 heteroatoms. The van der Waals surface area contributed by atoms with Crippen molar-refractivity contribution in [2.75, 3.05) is 0 Å². The number of nitrogens with zero attached hydrogens (tertiary/aromatic N) is 3. The van der Waals surface area contributed by atoms with Crippen molar-refractivity contribution >= 4 is 23.0 Å². The minimum Gasteiger partial charge on any atom is -0.296 e. The van der Waals surface area contributed by atoms with Gasteiger partial charge in [-0.25, -0.2) is 10.4 Å². The lowest BCUT2D eigenvalue weighted by Crippen LogP contribution is -2.22. The van der Waals surface area contributed by atoms with Gasteiger partial charge in [-0.2, -0.15) is 5.10 Å². The summed E-state index contributed by atoms with van der Waals surface area (Å²) in [5, 5.41) is 4.56. The molecular formula is C20H18N4O2. The van der Waals surface area contributed by atoms with Crippen molar-refractivity contribution in [1.29, 1.82) is 0 Å². The second-order valence-electron chi connectivity index (χ2n) is 6.38. The molecule has 2 heterocycles. The molecule has 0 saturated carbocycles. The van der Waals surface area contributed by atoms with E-state index in [1.807, 2.05) is 31.2 Å². The lowest BCUT2D eigenvalue weighted by atomic mass is 10.1. The molecule has 0 spiro atoms. The highest BCUT2D eigenvalue weighted by atomic mass is 16.2. The van der Waals surface area contributed by atoms with Gasteiger partial charge in [0, 0.05) is 18.5 Å². The summed E-state index contributed by atoms with van der Waals surface area (Å²) < 4.78 is 1.72. The predicted octanol–water partition coefficient (Wildman–Crippen LogP) is 2.42. The summed E-state index contributed by atoms with van der Waals surface area (Å²) in [6, 6.07) is 12.7. The van der Waals surface area contributed by atoms with Crippen LogP contribution in [0.3, 0.4) is 0 Å². The predicted molar refractivity (Wildman–Crippen MR) is 101 cm³/mol. The van der Waals surface area contributed by atoms with Gasteiger partial charge in [-0.15, -0.1) is 0 Å². The number of rotatable bonds is 3. The smallest absolute Gasteiger partial charge is 0.271 e. The molecule has 26 heavy (non-hydrogen) atoms. The summed E-state index contributed by atoms with van der Waals surface area (Å²) >= 11 is 0. The Morgan fingerprint density at radius 3 is 2.96 bits per heavy atom. The van der Waals surface area contributed by atoms with Crippen LogP contribution in [-0.2, 0) is 13.0 Å². The number of hydrogen-bond donors (Lipinski definition) is 1. The molecule has 0 saturated heterocycles. The van der Waals surface area contributed by atoms with Gasteiger partial charge in [-0.3, -0.25) is 14.2 Å². The molecule has 1 amide bonds. The zero-order chi connectivity index (χ0) is 18.1. The van der Waals surface area contributed by atoms with E-state index in [1.54, 1.807) is 29.0 Å². The molecule has 4 rings (SSSR count). The number of aryl methyl sites for hydroxylation is 2. The molecule has 1 aliphatic rings. The minimum atomic E-state index is -0.334. The molecule has 2 aromatic carbocycles. The maximum Gasteiger partial charge on any atom is 0.271 e. The van der Waals surface area contributed by atoms with Crippen LogP contribution in [0.4, 0.5) is 0 Å². The van der Waals surface area contributed by atoms with Crippen molar-refractivity contribution in [3.63, 3.8) is 0 Å². The van der Waals surface area contributed by atoms with Gasteiger partial charge in [-0.05, 0) is 42.7 Å². The van der Waals surface area contributed by atoms with Crippen LogP contribution in [-0.4, -0.2) is 21.7 Å². The molecule has 0 unspecified atom stereocenters. The third-order valence-corrected chi connectivity index (χ3v) is 4.64. The van der Waals surface area contributed by atoms with E-state index in [-0.39, 0.29) is 11.5 Å². The highest BCUT2D eigenvalue weighted by Crippen LogP contribution is 2.16. The summed E-state index contributed by atoms with van der Waals surface area (Å²) in [6.45, 7) is 2.70. The van der Waals surface area contributed by atoms with E-state index in [2.05, 4.69) is 15.5 Å². The number of amides is 1. The van der Waals surface area contributed by atoms with E-state index in [0.717, 1.165) is 29.8 Å². The second-order valence-corrected chi connectivity index (χ2v) is 6.38. The van der Waals surface area contributed by atoms with Crippen molar-refractivity contribution in [1.82, 2.24) is 15.0 Å². The second kappa shape index (κ2) is 6.55. The van der Waals surface area contributed by atoms with Crippen LogP contribution in [0.1, 0.15) is 33.7 Å². The van der Waals surface area contributed by atoms with Crippen LogP contribution in [0.2, 0.25) is 0 Å². The van der Waals surface area contributed by atoms with Gasteiger partial charge in [0.05, 0.1) is 17.1 Å². The Labute approximate surface area is 150 Å². The minimum absolute atomic E-state index is 0.0352. The topological polar surface area (TPSA) is 76.3 Å². The Hall–Kier alpha value is -3.28. The van der Waals surface area contributed by atoms with E-state index in [0.29, 0.717) is 23.0 Å². The highest BCUT2D eigenvalue weighted by molar-refractivity contribution is 5.98. The molecule has 0 aliphatic carbocycles. The lowest BCUT2D eigenvalue weighted by Gasteiger charge is -2.06. The van der Waals surface area contributed by atoms with E-state index in [1.165, 1.54) is 0 Å². The summed E-state index contributed by atoms with van der Waals surface area (Å²) in [6.07, 6.45) is 3.34. The summed E-state index contributed by atoms with van der Waals surface area (Å²) in [5.41, 5.74) is 5.49. The molecule has 0 radical (unpaired) electrons. The van der Waals surface area contributed by atoms with Crippen LogP contribution in [0.5, 0.6) is 0 Å². The van der Waals surface area contributed by atoms with Crippen LogP contribution in [0.25, 0.3) is 10.9 Å². The first-order chi connectivity index (χ1) is 12.6.